The average molecular weight is 465 g/mol. The lowest BCUT2D eigenvalue weighted by Crippen LogP contribution is -2.48. The minimum atomic E-state index is -0.992. The first-order valence-electron chi connectivity index (χ1n) is 11.9. The summed E-state index contributed by atoms with van der Waals surface area (Å²) >= 11 is 0. The average Bonchev–Trinajstić information content (AvgIpc) is 3.31. The van der Waals surface area contributed by atoms with Crippen LogP contribution >= 0.6 is 0 Å². The Morgan fingerprint density at radius 2 is 1.68 bits per heavy atom. The van der Waals surface area contributed by atoms with Gasteiger partial charge in [-0.25, -0.2) is 9.59 Å². The maximum absolute atomic E-state index is 12.9. The number of likely N-dealkylation sites (tertiary alicyclic amines) is 1. The van der Waals surface area contributed by atoms with Gasteiger partial charge in [-0.3, -0.25) is 4.79 Å². The second kappa shape index (κ2) is 9.49. The lowest BCUT2D eigenvalue weighted by Gasteiger charge is -2.30. The van der Waals surface area contributed by atoms with Crippen LogP contribution in [0.1, 0.15) is 57.1 Å². The number of carbonyl (C=O) groups excluding carboxylic acids is 2. The van der Waals surface area contributed by atoms with E-state index >= 15 is 0 Å². The number of carbonyl (C=O) groups is 3. The van der Waals surface area contributed by atoms with Crippen LogP contribution in [0.5, 0.6) is 0 Å². The van der Waals surface area contributed by atoms with E-state index in [-0.39, 0.29) is 24.9 Å². The number of hydrogen-bond donors (Lipinski definition) is 2. The van der Waals surface area contributed by atoms with Crippen LogP contribution < -0.4 is 5.32 Å². The van der Waals surface area contributed by atoms with Gasteiger partial charge in [0.15, 0.2) is 0 Å². The standard InChI is InChI=1S/C27H32N2O5/c1-4-17(15-23(30)29-14-13-27(2,3)24(29)25(31)32)28-26(33)34-16-22-20-11-7-5-9-18(20)19-10-6-8-12-21(19)22/h5-12,17,22,24H,4,13-16H2,1-3H3,(H,28,33)(H,31,32)/t17-,24?/m0/s1. The monoisotopic (exact) mass is 464 g/mol. The number of benzene rings is 2. The van der Waals surface area contributed by atoms with Crippen LogP contribution in [-0.4, -0.2) is 53.2 Å². The molecule has 0 spiro atoms. The molecule has 0 radical (unpaired) electrons. The zero-order valence-electron chi connectivity index (χ0n) is 19.9. The third-order valence-corrected chi connectivity index (χ3v) is 7.18. The molecule has 2 aromatic carbocycles. The van der Waals surface area contributed by atoms with Gasteiger partial charge in [0.2, 0.25) is 5.91 Å². The number of nitrogens with one attached hydrogen (secondary N) is 1. The number of ether oxygens (including phenoxy) is 1. The molecule has 7 nitrogen and oxygen atoms in total. The van der Waals surface area contributed by atoms with Gasteiger partial charge in [-0.05, 0) is 40.5 Å². The van der Waals surface area contributed by atoms with Crippen LogP contribution in [0.15, 0.2) is 48.5 Å². The Bertz CT molecular complexity index is 1050. The van der Waals surface area contributed by atoms with Crippen molar-refractivity contribution in [2.75, 3.05) is 13.2 Å². The molecule has 1 aliphatic carbocycles. The van der Waals surface area contributed by atoms with Crippen LogP contribution in [0.2, 0.25) is 0 Å². The third kappa shape index (κ3) is 4.52. The van der Waals surface area contributed by atoms with E-state index in [4.69, 9.17) is 4.74 Å². The molecule has 1 saturated heterocycles. The molecular formula is C27H32N2O5. The van der Waals surface area contributed by atoms with Gasteiger partial charge in [0.05, 0.1) is 0 Å². The number of amides is 2. The Hall–Kier alpha value is -3.35. The molecule has 2 atom stereocenters. The molecule has 1 heterocycles. The first kappa shape index (κ1) is 23.8. The molecule has 7 heteroatoms. The highest BCUT2D eigenvalue weighted by molar-refractivity contribution is 5.85. The number of hydrogen-bond acceptors (Lipinski definition) is 4. The van der Waals surface area contributed by atoms with Gasteiger partial charge < -0.3 is 20.1 Å². The Balaban J connectivity index is 1.36. The number of alkyl carbamates (subject to hydrolysis) is 1. The van der Waals surface area contributed by atoms with Crippen LogP contribution in [0.4, 0.5) is 4.79 Å². The van der Waals surface area contributed by atoms with Gasteiger partial charge in [-0.1, -0.05) is 69.3 Å². The first-order valence-corrected chi connectivity index (χ1v) is 11.9. The number of carboxylic acids is 1. The minimum Gasteiger partial charge on any atom is -0.480 e. The maximum Gasteiger partial charge on any atom is 0.407 e. The number of nitrogens with zero attached hydrogens (tertiary/aromatic N) is 1. The minimum absolute atomic E-state index is 0.0389. The quantitative estimate of drug-likeness (QED) is 0.633. The SMILES string of the molecule is CC[C@@H](CC(=O)N1CCC(C)(C)C1C(=O)O)NC(=O)OCC1c2ccccc2-c2ccccc21. The zero-order valence-corrected chi connectivity index (χ0v) is 19.9. The third-order valence-electron chi connectivity index (χ3n) is 7.18. The normalized spacial score (nSPS) is 19.3. The summed E-state index contributed by atoms with van der Waals surface area (Å²) in [7, 11) is 0. The van der Waals surface area contributed by atoms with Crippen LogP contribution in [0.3, 0.4) is 0 Å². The van der Waals surface area contributed by atoms with E-state index < -0.39 is 29.6 Å². The molecule has 0 saturated carbocycles. The lowest BCUT2D eigenvalue weighted by atomic mass is 9.85. The predicted molar refractivity (Wildman–Crippen MR) is 128 cm³/mol. The van der Waals surface area contributed by atoms with E-state index in [1.54, 1.807) is 0 Å². The molecule has 1 unspecified atom stereocenters. The fourth-order valence-electron chi connectivity index (χ4n) is 5.26. The number of fused-ring (bicyclic) bond motifs is 3. The van der Waals surface area contributed by atoms with Crippen LogP contribution in [-0.2, 0) is 14.3 Å². The lowest BCUT2D eigenvalue weighted by molar-refractivity contribution is -0.151. The van der Waals surface area contributed by atoms with Crippen molar-refractivity contribution in [1.29, 1.82) is 0 Å². The van der Waals surface area contributed by atoms with Crippen molar-refractivity contribution < 1.29 is 24.2 Å². The van der Waals surface area contributed by atoms with E-state index in [0.29, 0.717) is 19.4 Å². The molecule has 34 heavy (non-hydrogen) atoms. The Morgan fingerprint density at radius 1 is 1.09 bits per heavy atom. The van der Waals surface area contributed by atoms with E-state index in [1.165, 1.54) is 4.90 Å². The molecule has 0 bridgehead atoms. The van der Waals surface area contributed by atoms with Crippen molar-refractivity contribution in [3.8, 4) is 11.1 Å². The van der Waals surface area contributed by atoms with Gasteiger partial charge in [0.25, 0.3) is 0 Å². The molecule has 1 aliphatic heterocycles. The summed E-state index contributed by atoms with van der Waals surface area (Å²) in [5.74, 6) is -1.29. The Morgan fingerprint density at radius 3 is 2.24 bits per heavy atom. The smallest absolute Gasteiger partial charge is 0.407 e. The summed E-state index contributed by atoms with van der Waals surface area (Å²) in [4.78, 5) is 38.7. The molecule has 0 aromatic heterocycles. The number of aliphatic carboxylic acids is 1. The summed E-state index contributed by atoms with van der Waals surface area (Å²) in [5.41, 5.74) is 4.10. The van der Waals surface area contributed by atoms with Crippen molar-refractivity contribution in [1.82, 2.24) is 10.2 Å². The molecule has 180 valence electrons. The molecule has 2 aliphatic rings. The fraction of sp³-hybridized carbons (Fsp3) is 0.444. The highest BCUT2D eigenvalue weighted by Crippen LogP contribution is 2.44. The molecule has 2 aromatic rings. The predicted octanol–water partition coefficient (Wildman–Crippen LogP) is 4.41. The van der Waals surface area contributed by atoms with Gasteiger partial charge in [-0.2, -0.15) is 0 Å². The number of rotatable bonds is 7. The van der Waals surface area contributed by atoms with Gasteiger partial charge in [0.1, 0.15) is 12.6 Å². The fourth-order valence-corrected chi connectivity index (χ4v) is 5.26. The van der Waals surface area contributed by atoms with Crippen LogP contribution in [0.25, 0.3) is 11.1 Å². The van der Waals surface area contributed by atoms with Gasteiger partial charge >= 0.3 is 12.1 Å². The number of carboxylic acid groups (broad SMARTS) is 1. The van der Waals surface area contributed by atoms with Gasteiger partial charge in [-0.15, -0.1) is 0 Å². The van der Waals surface area contributed by atoms with Crippen molar-refractivity contribution in [3.63, 3.8) is 0 Å². The summed E-state index contributed by atoms with van der Waals surface area (Å²) in [5, 5.41) is 12.4. The molecular weight excluding hydrogens is 432 g/mol. The maximum atomic E-state index is 12.9. The topological polar surface area (TPSA) is 95.9 Å². The molecule has 2 amide bonds. The summed E-state index contributed by atoms with van der Waals surface area (Å²) < 4.78 is 5.60. The summed E-state index contributed by atoms with van der Waals surface area (Å²) in [6.45, 7) is 6.22. The molecule has 4 rings (SSSR count). The van der Waals surface area contributed by atoms with E-state index in [2.05, 4.69) is 29.6 Å². The first-order chi connectivity index (χ1) is 16.2. The Labute approximate surface area is 200 Å². The van der Waals surface area contributed by atoms with Gasteiger partial charge in [0, 0.05) is 24.9 Å². The van der Waals surface area contributed by atoms with Crippen molar-refractivity contribution >= 4 is 18.0 Å². The highest BCUT2D eigenvalue weighted by atomic mass is 16.5. The highest BCUT2D eigenvalue weighted by Gasteiger charge is 2.47. The largest absolute Gasteiger partial charge is 0.480 e. The van der Waals surface area contributed by atoms with Crippen molar-refractivity contribution in [2.24, 2.45) is 5.41 Å². The van der Waals surface area contributed by atoms with Crippen molar-refractivity contribution in [3.05, 3.63) is 59.7 Å². The summed E-state index contributed by atoms with van der Waals surface area (Å²) in [6.07, 6.45) is 0.635. The molecule has 1 fully saturated rings. The summed E-state index contributed by atoms with van der Waals surface area (Å²) in [6, 6.07) is 15.0. The molecule has 2 N–H and O–H groups in total. The van der Waals surface area contributed by atoms with Crippen molar-refractivity contribution in [2.45, 2.75) is 58.0 Å². The van der Waals surface area contributed by atoms with Crippen LogP contribution in [0, 0.1) is 5.41 Å². The zero-order chi connectivity index (χ0) is 24.5. The second-order valence-corrected chi connectivity index (χ2v) is 9.85. The van der Waals surface area contributed by atoms with E-state index in [1.807, 2.05) is 45.0 Å². The van der Waals surface area contributed by atoms with E-state index in [0.717, 1.165) is 22.3 Å². The van der Waals surface area contributed by atoms with E-state index in [9.17, 15) is 19.5 Å². The Kier molecular flexibility index (Phi) is 6.64. The second-order valence-electron chi connectivity index (χ2n) is 9.85.